The third-order valence-corrected chi connectivity index (χ3v) is 4.59. The normalized spacial score (nSPS) is 17.4. The van der Waals surface area contributed by atoms with Crippen molar-refractivity contribution in [3.8, 4) is 0 Å². The van der Waals surface area contributed by atoms with Gasteiger partial charge < -0.3 is 10.2 Å². The molecule has 0 saturated carbocycles. The van der Waals surface area contributed by atoms with Crippen molar-refractivity contribution in [2.75, 3.05) is 23.3 Å². The van der Waals surface area contributed by atoms with Gasteiger partial charge in [-0.1, -0.05) is 30.3 Å². The fourth-order valence-corrected chi connectivity index (χ4v) is 3.26. The van der Waals surface area contributed by atoms with Gasteiger partial charge in [0.2, 0.25) is 5.91 Å². The molecule has 0 aliphatic carbocycles. The molecule has 4 rings (SSSR count). The largest absolute Gasteiger partial charge is 0.355 e. The number of nitrogens with zero attached hydrogens (tertiary/aromatic N) is 3. The molecule has 0 unspecified atom stereocenters. The topological polar surface area (TPSA) is 58.1 Å². The molecule has 0 radical (unpaired) electrons. The summed E-state index contributed by atoms with van der Waals surface area (Å²) in [6.07, 6.45) is 3.68. The van der Waals surface area contributed by atoms with Gasteiger partial charge in [-0.15, -0.1) is 0 Å². The summed E-state index contributed by atoms with van der Waals surface area (Å²) in [4.78, 5) is 23.9. The van der Waals surface area contributed by atoms with E-state index < -0.39 is 0 Å². The van der Waals surface area contributed by atoms with Crippen molar-refractivity contribution in [3.05, 3.63) is 60.8 Å². The SMILES string of the molecule is O=C(Nc1ccccc1)[C@H]1CCCN(c2cnc3ccccc3n2)C1. The molecule has 1 saturated heterocycles. The van der Waals surface area contributed by atoms with Crippen LogP contribution in [0.2, 0.25) is 0 Å². The highest BCUT2D eigenvalue weighted by Gasteiger charge is 2.26. The molecule has 1 N–H and O–H groups in total. The van der Waals surface area contributed by atoms with Crippen LogP contribution >= 0.6 is 0 Å². The smallest absolute Gasteiger partial charge is 0.229 e. The number of carbonyl (C=O) groups excluding carboxylic acids is 1. The minimum absolute atomic E-state index is 0.0396. The van der Waals surface area contributed by atoms with Crippen molar-refractivity contribution in [3.63, 3.8) is 0 Å². The second-order valence-corrected chi connectivity index (χ2v) is 6.36. The van der Waals surface area contributed by atoms with Crippen LogP contribution in [0.15, 0.2) is 60.8 Å². The van der Waals surface area contributed by atoms with Crippen molar-refractivity contribution < 1.29 is 4.79 Å². The van der Waals surface area contributed by atoms with Crippen LogP contribution < -0.4 is 10.2 Å². The number of fused-ring (bicyclic) bond motifs is 1. The van der Waals surface area contributed by atoms with Crippen LogP contribution in [0.5, 0.6) is 0 Å². The van der Waals surface area contributed by atoms with Gasteiger partial charge in [-0.3, -0.25) is 9.78 Å². The summed E-state index contributed by atoms with van der Waals surface area (Å²) in [5.41, 5.74) is 2.62. The zero-order valence-electron chi connectivity index (χ0n) is 13.9. The first kappa shape index (κ1) is 15.6. The number of aromatic nitrogens is 2. The van der Waals surface area contributed by atoms with Crippen LogP contribution in [0.3, 0.4) is 0 Å². The number of carbonyl (C=O) groups is 1. The minimum Gasteiger partial charge on any atom is -0.355 e. The molecular formula is C20H20N4O. The molecule has 2 heterocycles. The van der Waals surface area contributed by atoms with E-state index in [9.17, 15) is 4.79 Å². The molecule has 1 amide bonds. The van der Waals surface area contributed by atoms with Crippen molar-refractivity contribution in [1.29, 1.82) is 0 Å². The average Bonchev–Trinajstić information content (AvgIpc) is 2.68. The number of piperidine rings is 1. The molecule has 1 fully saturated rings. The fourth-order valence-electron chi connectivity index (χ4n) is 3.26. The third-order valence-electron chi connectivity index (χ3n) is 4.59. The molecule has 25 heavy (non-hydrogen) atoms. The molecule has 126 valence electrons. The van der Waals surface area contributed by atoms with Gasteiger partial charge >= 0.3 is 0 Å². The fraction of sp³-hybridized carbons (Fsp3) is 0.250. The Labute approximate surface area is 146 Å². The predicted octanol–water partition coefficient (Wildman–Crippen LogP) is 3.48. The van der Waals surface area contributed by atoms with Gasteiger partial charge in [0.1, 0.15) is 5.82 Å². The Morgan fingerprint density at radius 3 is 2.64 bits per heavy atom. The number of hydrogen-bond donors (Lipinski definition) is 1. The Hall–Kier alpha value is -2.95. The predicted molar refractivity (Wildman–Crippen MR) is 99.5 cm³/mol. The summed E-state index contributed by atoms with van der Waals surface area (Å²) in [6, 6.07) is 17.5. The van der Waals surface area contributed by atoms with Crippen LogP contribution in [-0.2, 0) is 4.79 Å². The second-order valence-electron chi connectivity index (χ2n) is 6.36. The quantitative estimate of drug-likeness (QED) is 0.798. The molecule has 1 aliphatic rings. The number of nitrogens with one attached hydrogen (secondary N) is 1. The standard InChI is InChI=1S/C20H20N4O/c25-20(22-16-8-2-1-3-9-16)15-7-6-12-24(14-15)19-13-21-17-10-4-5-11-18(17)23-19/h1-5,8-11,13,15H,6-7,12,14H2,(H,22,25)/t15-/m0/s1. The van der Waals surface area contributed by atoms with Crippen molar-refractivity contribution in [2.24, 2.45) is 5.92 Å². The van der Waals surface area contributed by atoms with E-state index in [1.807, 2.05) is 54.6 Å². The van der Waals surface area contributed by atoms with Gasteiger partial charge in [0.15, 0.2) is 0 Å². The first-order valence-electron chi connectivity index (χ1n) is 8.62. The molecule has 3 aromatic rings. The zero-order valence-corrected chi connectivity index (χ0v) is 13.9. The molecule has 1 atom stereocenters. The van der Waals surface area contributed by atoms with Crippen molar-refractivity contribution >= 4 is 28.4 Å². The zero-order chi connectivity index (χ0) is 17.1. The molecule has 5 nitrogen and oxygen atoms in total. The lowest BCUT2D eigenvalue weighted by atomic mass is 9.97. The highest BCUT2D eigenvalue weighted by atomic mass is 16.1. The van der Waals surface area contributed by atoms with Gasteiger partial charge in [-0.2, -0.15) is 0 Å². The Morgan fingerprint density at radius 2 is 1.80 bits per heavy atom. The van der Waals surface area contributed by atoms with E-state index in [2.05, 4.69) is 15.2 Å². The van der Waals surface area contributed by atoms with E-state index in [0.717, 1.165) is 41.9 Å². The molecule has 0 spiro atoms. The molecule has 1 aliphatic heterocycles. The molecule has 2 aromatic carbocycles. The maximum absolute atomic E-state index is 12.6. The second kappa shape index (κ2) is 6.89. The number of benzene rings is 2. The number of rotatable bonds is 3. The van der Waals surface area contributed by atoms with E-state index in [-0.39, 0.29) is 11.8 Å². The lowest BCUT2D eigenvalue weighted by molar-refractivity contribution is -0.120. The van der Waals surface area contributed by atoms with Crippen LogP contribution in [0.1, 0.15) is 12.8 Å². The Bertz CT molecular complexity index is 881. The van der Waals surface area contributed by atoms with E-state index in [4.69, 9.17) is 4.98 Å². The maximum Gasteiger partial charge on any atom is 0.229 e. The highest BCUT2D eigenvalue weighted by Crippen LogP contribution is 2.24. The Morgan fingerprint density at radius 1 is 1.04 bits per heavy atom. The monoisotopic (exact) mass is 332 g/mol. The average molecular weight is 332 g/mol. The summed E-state index contributed by atoms with van der Waals surface area (Å²) >= 11 is 0. The third kappa shape index (κ3) is 3.45. The number of anilines is 2. The van der Waals surface area contributed by atoms with Crippen LogP contribution in [0.4, 0.5) is 11.5 Å². The summed E-state index contributed by atoms with van der Waals surface area (Å²) in [5, 5.41) is 3.01. The van der Waals surface area contributed by atoms with E-state index in [1.165, 1.54) is 0 Å². The Balaban J connectivity index is 1.49. The van der Waals surface area contributed by atoms with E-state index >= 15 is 0 Å². The molecule has 0 bridgehead atoms. The van der Waals surface area contributed by atoms with E-state index in [1.54, 1.807) is 6.20 Å². The number of amides is 1. The van der Waals surface area contributed by atoms with E-state index in [0.29, 0.717) is 6.54 Å². The summed E-state index contributed by atoms with van der Waals surface area (Å²) in [6.45, 7) is 1.58. The molecular weight excluding hydrogens is 312 g/mol. The van der Waals surface area contributed by atoms with Crippen LogP contribution in [-0.4, -0.2) is 29.0 Å². The number of para-hydroxylation sites is 3. The van der Waals surface area contributed by atoms with Crippen LogP contribution in [0.25, 0.3) is 11.0 Å². The summed E-state index contributed by atoms with van der Waals surface area (Å²) < 4.78 is 0. The summed E-state index contributed by atoms with van der Waals surface area (Å²) in [7, 11) is 0. The minimum atomic E-state index is -0.0396. The number of hydrogen-bond acceptors (Lipinski definition) is 4. The maximum atomic E-state index is 12.6. The highest BCUT2D eigenvalue weighted by molar-refractivity contribution is 5.93. The van der Waals surface area contributed by atoms with Gasteiger partial charge in [-0.25, -0.2) is 4.98 Å². The lowest BCUT2D eigenvalue weighted by Crippen LogP contribution is -2.41. The van der Waals surface area contributed by atoms with Gasteiger partial charge in [0.25, 0.3) is 0 Å². The molecule has 1 aromatic heterocycles. The Kier molecular flexibility index (Phi) is 4.29. The first-order chi connectivity index (χ1) is 12.3. The summed E-state index contributed by atoms with van der Waals surface area (Å²) in [5.74, 6) is 0.878. The van der Waals surface area contributed by atoms with Gasteiger partial charge in [0.05, 0.1) is 23.1 Å². The van der Waals surface area contributed by atoms with Crippen LogP contribution in [0, 0.1) is 5.92 Å². The van der Waals surface area contributed by atoms with Crippen molar-refractivity contribution in [2.45, 2.75) is 12.8 Å². The van der Waals surface area contributed by atoms with Gasteiger partial charge in [-0.05, 0) is 37.1 Å². The van der Waals surface area contributed by atoms with Crippen molar-refractivity contribution in [1.82, 2.24) is 9.97 Å². The molecule has 5 heteroatoms. The van der Waals surface area contributed by atoms with Gasteiger partial charge in [0, 0.05) is 18.8 Å². The lowest BCUT2D eigenvalue weighted by Gasteiger charge is -2.32. The first-order valence-corrected chi connectivity index (χ1v) is 8.62.